The van der Waals surface area contributed by atoms with E-state index in [0.717, 1.165) is 6.42 Å². The van der Waals surface area contributed by atoms with Gasteiger partial charge in [0.15, 0.2) is 0 Å². The molecule has 0 nitrogen and oxygen atoms in total. The van der Waals surface area contributed by atoms with Crippen molar-refractivity contribution in [3.8, 4) is 0 Å². The molecule has 0 aromatic heterocycles. The summed E-state index contributed by atoms with van der Waals surface area (Å²) in [5.41, 5.74) is 5.92. The fraction of sp³-hybridized carbons (Fsp3) is 0.191. The first kappa shape index (κ1) is 39.3. The molecule has 0 heterocycles. The fourth-order valence-electron chi connectivity index (χ4n) is 6.33. The summed E-state index contributed by atoms with van der Waals surface area (Å²) in [6, 6.07) is 46.6. The van der Waals surface area contributed by atoms with Crippen LogP contribution < -0.4 is 0 Å². The van der Waals surface area contributed by atoms with E-state index in [1.165, 1.54) is 92.8 Å². The normalized spacial score (nSPS) is 12.2. The molecule has 0 atom stereocenters. The molecule has 7 aromatic carbocycles. The Balaban J connectivity index is 0.000000190. The second kappa shape index (κ2) is 16.7. The molecule has 0 fully saturated rings. The molecule has 0 spiro atoms. The van der Waals surface area contributed by atoms with Gasteiger partial charge in [-0.1, -0.05) is 76.9 Å². The summed E-state index contributed by atoms with van der Waals surface area (Å²) in [5.74, 6) is 0. The third-order valence-corrected chi connectivity index (χ3v) is 10.5. The molecule has 50 heavy (non-hydrogen) atoms. The van der Waals surface area contributed by atoms with E-state index in [1.54, 1.807) is 0 Å². The van der Waals surface area contributed by atoms with Gasteiger partial charge in [-0.2, -0.15) is 6.08 Å². The van der Waals surface area contributed by atoms with Crippen LogP contribution in [0.25, 0.3) is 43.1 Å². The van der Waals surface area contributed by atoms with Crippen LogP contribution in [-0.2, 0) is 35.1 Å². The van der Waals surface area contributed by atoms with Crippen molar-refractivity contribution in [1.82, 2.24) is 0 Å². The van der Waals surface area contributed by atoms with Crippen molar-refractivity contribution < 1.29 is 24.2 Å². The van der Waals surface area contributed by atoms with Crippen LogP contribution in [-0.4, -0.2) is 3.21 Å². The number of allylic oxidation sites excluding steroid dienone is 4. The Morgan fingerprint density at radius 3 is 1.38 bits per heavy atom. The molecule has 0 aliphatic heterocycles. The van der Waals surface area contributed by atoms with Gasteiger partial charge in [0.05, 0.1) is 0 Å². The molecular weight excluding hydrogens is 727 g/mol. The van der Waals surface area contributed by atoms with Gasteiger partial charge < -0.3 is 0 Å². The van der Waals surface area contributed by atoms with Crippen molar-refractivity contribution in [3.63, 3.8) is 0 Å². The van der Waals surface area contributed by atoms with Crippen molar-refractivity contribution in [1.29, 1.82) is 0 Å². The molecule has 0 saturated heterocycles. The number of hydrogen-bond acceptors (Lipinski definition) is 0. The van der Waals surface area contributed by atoms with E-state index in [4.69, 9.17) is 0 Å². The maximum absolute atomic E-state index is 2.99. The van der Waals surface area contributed by atoms with E-state index >= 15 is 0 Å². The molecule has 1 aliphatic carbocycles. The van der Waals surface area contributed by atoms with Crippen LogP contribution in [0.4, 0.5) is 0 Å². The van der Waals surface area contributed by atoms with Crippen LogP contribution in [0.2, 0.25) is 0 Å². The van der Waals surface area contributed by atoms with Crippen LogP contribution >= 0.6 is 24.8 Å². The number of benzene rings is 6. The first-order valence-electron chi connectivity index (χ1n) is 16.9. The molecule has 1 aliphatic rings. The van der Waals surface area contributed by atoms with E-state index in [1.807, 2.05) is 12.2 Å². The van der Waals surface area contributed by atoms with Gasteiger partial charge in [0.25, 0.3) is 0 Å². The Bertz CT molecular complexity index is 2130. The second-order valence-electron chi connectivity index (χ2n) is 14.7. The summed E-state index contributed by atoms with van der Waals surface area (Å²) in [6.07, 6.45) is 10.0. The summed E-state index contributed by atoms with van der Waals surface area (Å²) in [4.78, 5) is 0. The van der Waals surface area contributed by atoms with Crippen LogP contribution in [0.5, 0.6) is 0 Å². The molecule has 0 N–H and O–H groups in total. The van der Waals surface area contributed by atoms with Gasteiger partial charge in [-0.25, -0.2) is 12.2 Å². The topological polar surface area (TPSA) is 0 Å². The zero-order valence-electron chi connectivity index (χ0n) is 29.9. The Morgan fingerprint density at radius 1 is 0.560 bits per heavy atom. The quantitative estimate of drug-likeness (QED) is 0.154. The van der Waals surface area contributed by atoms with Crippen molar-refractivity contribution in [2.45, 2.75) is 58.8 Å². The van der Waals surface area contributed by atoms with E-state index in [2.05, 4.69) is 181 Å². The van der Waals surface area contributed by atoms with E-state index < -0.39 is 0 Å². The van der Waals surface area contributed by atoms with E-state index in [-0.39, 0.29) is 35.6 Å². The summed E-state index contributed by atoms with van der Waals surface area (Å²) in [7, 11) is 0. The Hall–Kier alpha value is -3.48. The number of hydrogen-bond donors (Lipinski definition) is 0. The molecule has 8 rings (SSSR count). The Morgan fingerprint density at radius 2 is 1.00 bits per heavy atom. The Kier molecular flexibility index (Phi) is 13.1. The number of rotatable bonds is 2. The summed E-state index contributed by atoms with van der Waals surface area (Å²) in [5, 5.41) is 10.8. The average Bonchev–Trinajstić information content (AvgIpc) is 3.79. The molecule has 0 saturated carbocycles. The van der Waals surface area contributed by atoms with E-state index in [0.29, 0.717) is 0 Å². The predicted molar refractivity (Wildman–Crippen MR) is 222 cm³/mol. The van der Waals surface area contributed by atoms with Crippen molar-refractivity contribution in [2.75, 3.05) is 0 Å². The van der Waals surface area contributed by atoms with Gasteiger partial charge in [0.2, 0.25) is 0 Å². The molecule has 3 heteroatoms. The van der Waals surface area contributed by atoms with Crippen molar-refractivity contribution >= 4 is 71.1 Å². The second-order valence-corrected chi connectivity index (χ2v) is 15.9. The number of fused-ring (bicyclic) bond motifs is 5. The van der Waals surface area contributed by atoms with Gasteiger partial charge in [-0.05, 0) is 10.8 Å². The summed E-state index contributed by atoms with van der Waals surface area (Å²) < 4.78 is 1.42. The van der Waals surface area contributed by atoms with Gasteiger partial charge in [-0.3, -0.25) is 6.08 Å². The third kappa shape index (κ3) is 8.87. The van der Waals surface area contributed by atoms with Crippen LogP contribution in [0.3, 0.4) is 0 Å². The zero-order chi connectivity index (χ0) is 33.9. The average molecular weight is 773 g/mol. The monoisotopic (exact) mass is 770 g/mol. The third-order valence-electron chi connectivity index (χ3n) is 9.14. The van der Waals surface area contributed by atoms with Gasteiger partial charge >= 0.3 is 145 Å². The molecule has 0 unspecified atom stereocenters. The molecule has 252 valence electrons. The van der Waals surface area contributed by atoms with Crippen LogP contribution in [0.15, 0.2) is 146 Å². The van der Waals surface area contributed by atoms with Crippen LogP contribution in [0, 0.1) is 6.08 Å². The minimum atomic E-state index is 0. The Labute approximate surface area is 325 Å². The van der Waals surface area contributed by atoms with Crippen molar-refractivity contribution in [2.24, 2.45) is 0 Å². The molecule has 0 radical (unpaired) electrons. The summed E-state index contributed by atoms with van der Waals surface area (Å²) >= 11 is 1.44. The van der Waals surface area contributed by atoms with Gasteiger partial charge in [-0.15, -0.1) is 71.0 Å². The minimum absolute atomic E-state index is 0. The standard InChI is InChI=1S/C21H14.C21H25.C5H5.2ClH.Zr/c1-3-13-20-16(7-1)9-5-11-18(20)15-19-12-6-10-17-8-2-4-14-21(17)19;1-20(2,3)16-7-9-18-14(12-16)11-15-13-17(21(4,5)6)8-10-19(15)18;1-2-4-5-3-1;;;/h1-14H;7-13H,1-6H3;1-3H,4H2;2*1H;/q;2*-1;;;+2. The van der Waals surface area contributed by atoms with Gasteiger partial charge in [0, 0.05) is 0 Å². The SMILES string of the molecule is CC(C)(C)c1ccc2c(c1)[cH-]c1cc(C(C)(C)C)ccc12.Cl.Cl.[C-]1=CC=CC1.[Zr+2]=[C](c1cccc2ccccc12)c1cccc2ccccc12. The maximum atomic E-state index is 2.99. The van der Waals surface area contributed by atoms with Crippen molar-refractivity contribution in [3.05, 3.63) is 174 Å². The predicted octanol–water partition coefficient (Wildman–Crippen LogP) is 13.6. The van der Waals surface area contributed by atoms with Gasteiger partial charge in [0.1, 0.15) is 0 Å². The van der Waals surface area contributed by atoms with Crippen LogP contribution in [0.1, 0.15) is 70.2 Å². The molecule has 7 aromatic rings. The summed E-state index contributed by atoms with van der Waals surface area (Å²) in [6.45, 7) is 13.6. The molecule has 0 bridgehead atoms. The molecular formula is C47H46Cl2Zr. The molecule has 0 amide bonds. The fourth-order valence-corrected chi connectivity index (χ4v) is 7.40. The van der Waals surface area contributed by atoms with E-state index in [9.17, 15) is 0 Å². The first-order chi connectivity index (χ1) is 23.0. The first-order valence-corrected chi connectivity index (χ1v) is 18.1. The number of halogens is 2. The zero-order valence-corrected chi connectivity index (χ0v) is 34.0.